The molecule has 1 amide bonds. The van der Waals surface area contributed by atoms with E-state index in [1.807, 2.05) is 0 Å². The zero-order chi connectivity index (χ0) is 15.5. The normalized spacial score (nSPS) is 24.2. The summed E-state index contributed by atoms with van der Waals surface area (Å²) in [5, 5.41) is 0. The van der Waals surface area contributed by atoms with Crippen molar-refractivity contribution < 1.29 is 14.3 Å². The lowest BCUT2D eigenvalue weighted by atomic mass is 9.62. The number of rotatable bonds is 7. The molecule has 0 aromatic carbocycles. The van der Waals surface area contributed by atoms with Crippen LogP contribution < -0.4 is 20.9 Å². The lowest BCUT2D eigenvalue weighted by Gasteiger charge is -2.46. The molecule has 6 nitrogen and oxygen atoms in total. The molecular formula is C15H23N3O3. The van der Waals surface area contributed by atoms with E-state index in [1.54, 1.807) is 12.1 Å². The number of hydrogen-bond donors (Lipinski definition) is 2. The van der Waals surface area contributed by atoms with Gasteiger partial charge < -0.3 is 20.9 Å². The van der Waals surface area contributed by atoms with Crippen molar-refractivity contribution in [1.82, 2.24) is 4.98 Å². The predicted octanol–water partition coefficient (Wildman–Crippen LogP) is 1.48. The molecule has 4 N–H and O–H groups in total. The largest absolute Gasteiger partial charge is 0.481 e. The van der Waals surface area contributed by atoms with Gasteiger partial charge in [0.25, 0.3) is 5.91 Å². The van der Waals surface area contributed by atoms with Gasteiger partial charge in [-0.3, -0.25) is 4.79 Å². The molecule has 0 saturated heterocycles. The van der Waals surface area contributed by atoms with Gasteiger partial charge in [-0.25, -0.2) is 0 Å². The number of methoxy groups -OCH3 is 1. The summed E-state index contributed by atoms with van der Waals surface area (Å²) in [7, 11) is 1.51. The van der Waals surface area contributed by atoms with Crippen LogP contribution in [0.4, 0.5) is 0 Å². The average Bonchev–Trinajstić information content (AvgIpc) is 2.44. The third kappa shape index (κ3) is 3.44. The second-order valence-electron chi connectivity index (χ2n) is 5.69. The Morgan fingerprint density at radius 2 is 2.19 bits per heavy atom. The first-order valence-corrected chi connectivity index (χ1v) is 7.23. The van der Waals surface area contributed by atoms with Crippen molar-refractivity contribution >= 4 is 5.91 Å². The number of nitrogens with zero attached hydrogens (tertiary/aromatic N) is 1. The topological polar surface area (TPSA) is 100 Å². The highest BCUT2D eigenvalue weighted by atomic mass is 16.5. The number of hydrogen-bond acceptors (Lipinski definition) is 5. The highest BCUT2D eigenvalue weighted by molar-refractivity contribution is 5.95. The van der Waals surface area contributed by atoms with Crippen LogP contribution in [0.25, 0.3) is 0 Å². The fraction of sp³-hybridized carbons (Fsp3) is 0.600. The van der Waals surface area contributed by atoms with E-state index >= 15 is 0 Å². The van der Waals surface area contributed by atoms with E-state index in [-0.39, 0.29) is 16.9 Å². The Morgan fingerprint density at radius 1 is 1.48 bits per heavy atom. The van der Waals surface area contributed by atoms with E-state index in [0.29, 0.717) is 18.5 Å². The lowest BCUT2D eigenvalue weighted by Crippen LogP contribution is -2.46. The molecule has 1 aliphatic rings. The summed E-state index contributed by atoms with van der Waals surface area (Å²) in [6.45, 7) is 2.66. The summed E-state index contributed by atoms with van der Waals surface area (Å²) >= 11 is 0. The van der Waals surface area contributed by atoms with Gasteiger partial charge in [0.1, 0.15) is 5.56 Å². The van der Waals surface area contributed by atoms with E-state index in [9.17, 15) is 4.79 Å². The van der Waals surface area contributed by atoms with Gasteiger partial charge in [-0.05, 0) is 30.7 Å². The van der Waals surface area contributed by atoms with Crippen LogP contribution in [0.1, 0.15) is 43.0 Å². The first-order valence-electron chi connectivity index (χ1n) is 7.23. The molecule has 0 unspecified atom stereocenters. The first kappa shape index (κ1) is 15.6. The van der Waals surface area contributed by atoms with Crippen LogP contribution in [0, 0.1) is 5.41 Å². The van der Waals surface area contributed by atoms with Crippen molar-refractivity contribution in [2.75, 3.05) is 13.7 Å². The van der Waals surface area contributed by atoms with Crippen molar-refractivity contribution in [3.8, 4) is 11.8 Å². The summed E-state index contributed by atoms with van der Waals surface area (Å²) in [5.41, 5.74) is 11.8. The van der Waals surface area contributed by atoms with Crippen molar-refractivity contribution in [3.63, 3.8) is 0 Å². The minimum absolute atomic E-state index is 0.233. The number of pyridine rings is 1. The lowest BCUT2D eigenvalue weighted by molar-refractivity contribution is 0.0656. The van der Waals surface area contributed by atoms with Gasteiger partial charge in [0, 0.05) is 12.1 Å². The maximum atomic E-state index is 11.4. The molecule has 1 saturated carbocycles. The molecule has 0 spiro atoms. The number of aromatic nitrogens is 1. The van der Waals surface area contributed by atoms with Crippen LogP contribution >= 0.6 is 0 Å². The van der Waals surface area contributed by atoms with Gasteiger partial charge in [0.15, 0.2) is 0 Å². The van der Waals surface area contributed by atoms with E-state index in [1.165, 1.54) is 7.11 Å². The second kappa shape index (κ2) is 6.30. The van der Waals surface area contributed by atoms with Crippen LogP contribution in [0.15, 0.2) is 12.1 Å². The van der Waals surface area contributed by atoms with Crippen LogP contribution in [0.3, 0.4) is 0 Å². The zero-order valence-electron chi connectivity index (χ0n) is 12.6. The maximum Gasteiger partial charge on any atom is 0.254 e. The Kier molecular flexibility index (Phi) is 4.67. The number of amides is 1. The molecule has 1 aromatic rings. The number of nitrogens with two attached hydrogens (primary N) is 2. The van der Waals surface area contributed by atoms with Crippen molar-refractivity contribution in [2.45, 2.75) is 38.6 Å². The van der Waals surface area contributed by atoms with Crippen molar-refractivity contribution in [1.29, 1.82) is 0 Å². The minimum atomic E-state index is -0.559. The monoisotopic (exact) mass is 293 g/mol. The Hall–Kier alpha value is -1.82. The summed E-state index contributed by atoms with van der Waals surface area (Å²) < 4.78 is 10.7. The third-order valence-electron chi connectivity index (χ3n) is 4.32. The van der Waals surface area contributed by atoms with Crippen LogP contribution in [0.2, 0.25) is 0 Å². The van der Waals surface area contributed by atoms with Gasteiger partial charge in [0.05, 0.1) is 13.7 Å². The molecule has 0 bridgehead atoms. The Balaban J connectivity index is 2.00. The van der Waals surface area contributed by atoms with E-state index < -0.39 is 5.91 Å². The Labute approximate surface area is 124 Å². The molecule has 1 heterocycles. The molecule has 2 rings (SSSR count). The molecule has 1 fully saturated rings. The van der Waals surface area contributed by atoms with Gasteiger partial charge in [-0.2, -0.15) is 4.98 Å². The van der Waals surface area contributed by atoms with Crippen LogP contribution in [-0.2, 0) is 0 Å². The smallest absolute Gasteiger partial charge is 0.254 e. The maximum absolute atomic E-state index is 11.4. The number of primary amides is 1. The van der Waals surface area contributed by atoms with E-state index in [4.69, 9.17) is 20.9 Å². The molecule has 1 aromatic heterocycles. The molecular weight excluding hydrogens is 270 g/mol. The number of carbonyl (C=O) groups is 1. The molecule has 116 valence electrons. The Bertz CT molecular complexity index is 513. The third-order valence-corrected chi connectivity index (χ3v) is 4.32. The molecule has 0 aliphatic heterocycles. The second-order valence-corrected chi connectivity index (χ2v) is 5.69. The quantitative estimate of drug-likeness (QED) is 0.793. The number of carbonyl (C=O) groups excluding carboxylic acids is 1. The molecule has 21 heavy (non-hydrogen) atoms. The molecule has 0 atom stereocenters. The van der Waals surface area contributed by atoms with E-state index in [2.05, 4.69) is 11.9 Å². The average molecular weight is 293 g/mol. The minimum Gasteiger partial charge on any atom is -0.481 e. The van der Waals surface area contributed by atoms with Crippen LogP contribution in [0.5, 0.6) is 11.8 Å². The Morgan fingerprint density at radius 3 is 2.71 bits per heavy atom. The number of ether oxygens (including phenoxy) is 2. The zero-order valence-corrected chi connectivity index (χ0v) is 12.6. The fourth-order valence-corrected chi connectivity index (χ4v) is 2.92. The highest BCUT2D eigenvalue weighted by Crippen LogP contribution is 2.45. The molecule has 0 radical (unpaired) electrons. The SMILES string of the molecule is CC[C@]1(CCOc2nc(OC)ccc2C(N)=O)C[C@H](N)C1. The van der Waals surface area contributed by atoms with Gasteiger partial charge in [-0.1, -0.05) is 13.3 Å². The highest BCUT2D eigenvalue weighted by Gasteiger charge is 2.40. The first-order chi connectivity index (χ1) is 9.99. The molecule has 6 heteroatoms. The van der Waals surface area contributed by atoms with Gasteiger partial charge in [-0.15, -0.1) is 0 Å². The summed E-state index contributed by atoms with van der Waals surface area (Å²) in [6.07, 6.45) is 4.04. The van der Waals surface area contributed by atoms with E-state index in [0.717, 1.165) is 25.7 Å². The predicted molar refractivity (Wildman–Crippen MR) is 79.4 cm³/mol. The summed E-state index contributed by atoms with van der Waals surface area (Å²) in [5.74, 6) is 0.0682. The summed E-state index contributed by atoms with van der Waals surface area (Å²) in [6, 6.07) is 3.46. The van der Waals surface area contributed by atoms with Crippen molar-refractivity contribution in [3.05, 3.63) is 17.7 Å². The summed E-state index contributed by atoms with van der Waals surface area (Å²) in [4.78, 5) is 15.5. The molecule has 1 aliphatic carbocycles. The van der Waals surface area contributed by atoms with Gasteiger partial charge in [0.2, 0.25) is 11.8 Å². The fourth-order valence-electron chi connectivity index (χ4n) is 2.92. The van der Waals surface area contributed by atoms with Gasteiger partial charge >= 0.3 is 0 Å². The van der Waals surface area contributed by atoms with Crippen LogP contribution in [-0.4, -0.2) is 30.6 Å². The standard InChI is InChI=1S/C15H23N3O3/c1-3-15(8-10(16)9-15)6-7-21-14-11(13(17)19)4-5-12(18-14)20-2/h4-5,10H,3,6-9,16H2,1-2H3,(H2,17,19)/t10-,15-. The van der Waals surface area contributed by atoms with Crippen molar-refractivity contribution in [2.24, 2.45) is 16.9 Å².